The molecule has 1 aliphatic rings. The van der Waals surface area contributed by atoms with Crippen molar-refractivity contribution in [3.05, 3.63) is 29.3 Å². The number of carbonyl (C=O) groups is 2. The highest BCUT2D eigenvalue weighted by molar-refractivity contribution is 6.03. The molecule has 1 aromatic carbocycles. The van der Waals surface area contributed by atoms with E-state index in [4.69, 9.17) is 5.11 Å². The van der Waals surface area contributed by atoms with Crippen LogP contribution in [-0.2, 0) is 4.79 Å². The van der Waals surface area contributed by atoms with Gasteiger partial charge >= 0.3 is 5.97 Å². The molecule has 0 fully saturated rings. The van der Waals surface area contributed by atoms with E-state index in [0.29, 0.717) is 6.42 Å². The Morgan fingerprint density at radius 1 is 1.53 bits per heavy atom. The molecule has 4 heteroatoms. The van der Waals surface area contributed by atoms with E-state index in [0.717, 1.165) is 11.3 Å². The molecule has 1 heterocycles. The Bertz CT molecular complexity index is 439. The van der Waals surface area contributed by atoms with Crippen molar-refractivity contribution in [2.24, 2.45) is 0 Å². The van der Waals surface area contributed by atoms with Gasteiger partial charge in [0.2, 0.25) is 5.91 Å². The molecule has 0 aromatic heterocycles. The molecule has 1 amide bonds. The highest BCUT2D eigenvalue weighted by Gasteiger charge is 2.29. The Hall–Kier alpha value is -1.84. The molecule has 15 heavy (non-hydrogen) atoms. The molecular formula is C11H11NO3. The van der Waals surface area contributed by atoms with Crippen molar-refractivity contribution < 1.29 is 14.7 Å². The van der Waals surface area contributed by atoms with Gasteiger partial charge in [-0.05, 0) is 30.2 Å². The number of carbonyl (C=O) groups excluding carboxylic acids is 1. The predicted octanol–water partition coefficient (Wildman–Crippen LogP) is 1.83. The van der Waals surface area contributed by atoms with Crippen molar-refractivity contribution in [3.63, 3.8) is 0 Å². The zero-order valence-electron chi connectivity index (χ0n) is 8.28. The maximum Gasteiger partial charge on any atom is 0.335 e. The van der Waals surface area contributed by atoms with E-state index in [9.17, 15) is 9.59 Å². The van der Waals surface area contributed by atoms with Crippen molar-refractivity contribution >= 4 is 17.6 Å². The number of aromatic carboxylic acids is 1. The van der Waals surface area contributed by atoms with E-state index in [1.54, 1.807) is 12.1 Å². The van der Waals surface area contributed by atoms with Crippen LogP contribution in [0.3, 0.4) is 0 Å². The summed E-state index contributed by atoms with van der Waals surface area (Å²) in [5.74, 6) is -1.22. The van der Waals surface area contributed by atoms with E-state index in [1.807, 2.05) is 6.92 Å². The largest absolute Gasteiger partial charge is 0.478 e. The van der Waals surface area contributed by atoms with Gasteiger partial charge in [0, 0.05) is 5.69 Å². The Labute approximate surface area is 86.9 Å². The summed E-state index contributed by atoms with van der Waals surface area (Å²) < 4.78 is 0. The Morgan fingerprint density at radius 3 is 2.87 bits per heavy atom. The standard InChI is InChI=1S/C11H11NO3/c1-2-7-8-5-6(11(14)15)3-4-9(8)12-10(7)13/h3-5,7H,2H2,1H3,(H,12,13)(H,14,15). The SMILES string of the molecule is CCC1C(=O)Nc2ccc(C(=O)O)cc21. The molecular weight excluding hydrogens is 194 g/mol. The summed E-state index contributed by atoms with van der Waals surface area (Å²) in [6.07, 6.45) is 0.682. The molecule has 1 atom stereocenters. The lowest BCUT2D eigenvalue weighted by Gasteiger charge is -2.04. The number of anilines is 1. The summed E-state index contributed by atoms with van der Waals surface area (Å²) in [5.41, 5.74) is 1.75. The first-order chi connectivity index (χ1) is 7.13. The summed E-state index contributed by atoms with van der Waals surface area (Å²) in [7, 11) is 0. The zero-order chi connectivity index (χ0) is 11.0. The molecule has 0 spiro atoms. The average Bonchev–Trinajstić information content (AvgIpc) is 2.51. The maximum absolute atomic E-state index is 11.5. The number of carboxylic acids is 1. The Morgan fingerprint density at radius 2 is 2.27 bits per heavy atom. The lowest BCUT2D eigenvalue weighted by atomic mass is 9.96. The molecule has 0 aliphatic carbocycles. The van der Waals surface area contributed by atoms with Crippen LogP contribution in [0.15, 0.2) is 18.2 Å². The minimum atomic E-state index is -0.966. The van der Waals surface area contributed by atoms with Crippen LogP contribution in [0.4, 0.5) is 5.69 Å². The monoisotopic (exact) mass is 205 g/mol. The third-order valence-corrected chi connectivity index (χ3v) is 2.66. The van der Waals surface area contributed by atoms with Crippen molar-refractivity contribution in [1.29, 1.82) is 0 Å². The highest BCUT2D eigenvalue weighted by Crippen LogP contribution is 2.34. The summed E-state index contributed by atoms with van der Waals surface area (Å²) in [6, 6.07) is 4.72. The molecule has 0 saturated carbocycles. The van der Waals surface area contributed by atoms with E-state index in [2.05, 4.69) is 5.32 Å². The predicted molar refractivity (Wildman–Crippen MR) is 55.1 cm³/mol. The van der Waals surface area contributed by atoms with E-state index >= 15 is 0 Å². The topological polar surface area (TPSA) is 66.4 Å². The first kappa shape index (κ1) is 9.71. The van der Waals surface area contributed by atoms with Gasteiger partial charge in [0.15, 0.2) is 0 Å². The lowest BCUT2D eigenvalue weighted by Crippen LogP contribution is -2.10. The third-order valence-electron chi connectivity index (χ3n) is 2.66. The number of amides is 1. The Balaban J connectivity index is 2.49. The zero-order valence-corrected chi connectivity index (χ0v) is 8.28. The van der Waals surface area contributed by atoms with Crippen molar-refractivity contribution in [1.82, 2.24) is 0 Å². The van der Waals surface area contributed by atoms with E-state index in [-0.39, 0.29) is 17.4 Å². The number of hydrogen-bond acceptors (Lipinski definition) is 2. The van der Waals surface area contributed by atoms with Gasteiger partial charge in [0.1, 0.15) is 0 Å². The van der Waals surface area contributed by atoms with Crippen LogP contribution in [0.25, 0.3) is 0 Å². The second kappa shape index (κ2) is 3.38. The van der Waals surface area contributed by atoms with Gasteiger partial charge in [0.05, 0.1) is 11.5 Å². The first-order valence-corrected chi connectivity index (χ1v) is 4.81. The van der Waals surface area contributed by atoms with Crippen LogP contribution in [0, 0.1) is 0 Å². The molecule has 1 aromatic rings. The van der Waals surface area contributed by atoms with Gasteiger partial charge in [-0.15, -0.1) is 0 Å². The highest BCUT2D eigenvalue weighted by atomic mass is 16.4. The van der Waals surface area contributed by atoms with E-state index in [1.165, 1.54) is 6.07 Å². The number of carboxylic acid groups (broad SMARTS) is 1. The van der Waals surface area contributed by atoms with Crippen LogP contribution in [0.1, 0.15) is 35.2 Å². The molecule has 0 radical (unpaired) electrons. The summed E-state index contributed by atoms with van der Waals surface area (Å²) in [5, 5.41) is 11.6. The van der Waals surface area contributed by atoms with Crippen LogP contribution in [-0.4, -0.2) is 17.0 Å². The normalized spacial score (nSPS) is 18.5. The van der Waals surface area contributed by atoms with Crippen LogP contribution >= 0.6 is 0 Å². The number of nitrogens with one attached hydrogen (secondary N) is 1. The van der Waals surface area contributed by atoms with Gasteiger partial charge in [0.25, 0.3) is 0 Å². The minimum absolute atomic E-state index is 0.0463. The van der Waals surface area contributed by atoms with Crippen LogP contribution in [0.2, 0.25) is 0 Å². The lowest BCUT2D eigenvalue weighted by molar-refractivity contribution is -0.117. The number of fused-ring (bicyclic) bond motifs is 1. The molecule has 2 N–H and O–H groups in total. The molecule has 78 valence electrons. The second-order valence-corrected chi connectivity index (χ2v) is 3.56. The fourth-order valence-corrected chi connectivity index (χ4v) is 1.86. The second-order valence-electron chi connectivity index (χ2n) is 3.56. The number of rotatable bonds is 2. The average molecular weight is 205 g/mol. The van der Waals surface area contributed by atoms with Gasteiger partial charge in [-0.2, -0.15) is 0 Å². The summed E-state index contributed by atoms with van der Waals surface area (Å²) in [4.78, 5) is 22.3. The van der Waals surface area contributed by atoms with Crippen molar-refractivity contribution in [2.45, 2.75) is 19.3 Å². The van der Waals surface area contributed by atoms with Gasteiger partial charge < -0.3 is 10.4 Å². The van der Waals surface area contributed by atoms with Gasteiger partial charge in [-0.25, -0.2) is 4.79 Å². The van der Waals surface area contributed by atoms with E-state index < -0.39 is 5.97 Å². The quantitative estimate of drug-likeness (QED) is 0.774. The molecule has 0 saturated heterocycles. The smallest absolute Gasteiger partial charge is 0.335 e. The molecule has 2 rings (SSSR count). The van der Waals surface area contributed by atoms with Crippen molar-refractivity contribution in [3.8, 4) is 0 Å². The van der Waals surface area contributed by atoms with Crippen LogP contribution < -0.4 is 5.32 Å². The van der Waals surface area contributed by atoms with Gasteiger partial charge in [-0.3, -0.25) is 4.79 Å². The summed E-state index contributed by atoms with van der Waals surface area (Å²) in [6.45, 7) is 1.91. The first-order valence-electron chi connectivity index (χ1n) is 4.81. The molecule has 4 nitrogen and oxygen atoms in total. The number of hydrogen-bond donors (Lipinski definition) is 2. The summed E-state index contributed by atoms with van der Waals surface area (Å²) >= 11 is 0. The Kier molecular flexibility index (Phi) is 2.19. The fourth-order valence-electron chi connectivity index (χ4n) is 1.86. The van der Waals surface area contributed by atoms with Crippen LogP contribution in [0.5, 0.6) is 0 Å². The molecule has 1 unspecified atom stereocenters. The fraction of sp³-hybridized carbons (Fsp3) is 0.273. The van der Waals surface area contributed by atoms with Crippen molar-refractivity contribution in [2.75, 3.05) is 5.32 Å². The number of benzene rings is 1. The molecule has 0 bridgehead atoms. The third kappa shape index (κ3) is 1.48. The molecule has 1 aliphatic heterocycles. The maximum atomic E-state index is 11.5. The minimum Gasteiger partial charge on any atom is -0.478 e. The van der Waals surface area contributed by atoms with Gasteiger partial charge in [-0.1, -0.05) is 6.92 Å².